The second-order valence-electron chi connectivity index (χ2n) is 9.73. The number of benzene rings is 1. The van der Waals surface area contributed by atoms with Crippen molar-refractivity contribution in [2.24, 2.45) is 5.10 Å². The Hall–Kier alpha value is -2.63. The van der Waals surface area contributed by atoms with Crippen LogP contribution < -0.4 is 4.90 Å². The maximum atomic E-state index is 13.1. The zero-order valence-electron chi connectivity index (χ0n) is 18.8. The molecule has 170 valence electrons. The van der Waals surface area contributed by atoms with E-state index in [1.54, 1.807) is 6.08 Å². The van der Waals surface area contributed by atoms with Gasteiger partial charge in [0.25, 0.3) is 5.91 Å². The lowest BCUT2D eigenvalue weighted by Crippen LogP contribution is -2.40. The molecule has 2 heterocycles. The smallest absolute Gasteiger partial charge is 0.357 e. The van der Waals surface area contributed by atoms with Crippen LogP contribution in [0.3, 0.4) is 0 Å². The predicted molar refractivity (Wildman–Crippen MR) is 126 cm³/mol. The first kappa shape index (κ1) is 21.2. The summed E-state index contributed by atoms with van der Waals surface area (Å²) in [6.45, 7) is 1.11. The van der Waals surface area contributed by atoms with Crippen molar-refractivity contribution in [3.05, 3.63) is 34.9 Å². The van der Waals surface area contributed by atoms with Crippen molar-refractivity contribution >= 4 is 29.4 Å². The number of hydrazone groups is 1. The quantitative estimate of drug-likeness (QED) is 0.692. The van der Waals surface area contributed by atoms with E-state index in [0.717, 1.165) is 50.6 Å². The van der Waals surface area contributed by atoms with Gasteiger partial charge in [-0.2, -0.15) is 5.10 Å². The molecule has 0 radical (unpaired) electrons. The molecule has 5 rings (SSSR count). The van der Waals surface area contributed by atoms with Crippen molar-refractivity contribution in [1.82, 2.24) is 5.01 Å². The second-order valence-corrected chi connectivity index (χ2v) is 9.73. The number of carboxylic acid groups (broad SMARTS) is 1. The van der Waals surface area contributed by atoms with Crippen LogP contribution in [0.15, 0.2) is 28.9 Å². The number of carbonyl (C=O) groups is 2. The summed E-state index contributed by atoms with van der Waals surface area (Å²) in [6.07, 6.45) is 15.5. The summed E-state index contributed by atoms with van der Waals surface area (Å²) in [5, 5.41) is 15.4. The largest absolute Gasteiger partial charge is 0.476 e. The van der Waals surface area contributed by atoms with E-state index in [-0.39, 0.29) is 23.2 Å². The van der Waals surface area contributed by atoms with Gasteiger partial charge in [0.15, 0.2) is 5.71 Å². The number of rotatable bonds is 4. The zero-order chi connectivity index (χ0) is 22.1. The summed E-state index contributed by atoms with van der Waals surface area (Å²) in [7, 11) is 0. The number of amides is 1. The Morgan fingerprint density at radius 2 is 1.66 bits per heavy atom. The van der Waals surface area contributed by atoms with Crippen LogP contribution in [0.25, 0.3) is 6.08 Å². The average Bonchev–Trinajstić information content (AvgIpc) is 3.16. The van der Waals surface area contributed by atoms with Crippen LogP contribution in [-0.4, -0.2) is 46.3 Å². The number of fused-ring (bicyclic) bond motifs is 1. The van der Waals surface area contributed by atoms with Gasteiger partial charge in [-0.15, -0.1) is 0 Å². The predicted octanol–water partition coefficient (Wildman–Crippen LogP) is 4.77. The summed E-state index contributed by atoms with van der Waals surface area (Å²) in [5.74, 6) is -1.40. The van der Waals surface area contributed by atoms with Crippen molar-refractivity contribution < 1.29 is 14.7 Å². The number of carbonyl (C=O) groups excluding carboxylic acids is 1. The third kappa shape index (κ3) is 4.07. The fourth-order valence-corrected chi connectivity index (χ4v) is 5.97. The molecule has 6 nitrogen and oxygen atoms in total. The number of aliphatic carboxylic acids is 1. The summed E-state index contributed by atoms with van der Waals surface area (Å²) in [6, 6.07) is 7.00. The van der Waals surface area contributed by atoms with E-state index in [2.05, 4.69) is 22.1 Å². The minimum atomic E-state index is -1.13. The van der Waals surface area contributed by atoms with Gasteiger partial charge in [0.1, 0.15) is 0 Å². The van der Waals surface area contributed by atoms with Crippen LogP contribution in [0, 0.1) is 0 Å². The fourth-order valence-electron chi connectivity index (χ4n) is 5.97. The van der Waals surface area contributed by atoms with Crippen LogP contribution in [0.1, 0.15) is 81.8 Å². The molecule has 0 spiro atoms. The third-order valence-corrected chi connectivity index (χ3v) is 7.61. The molecule has 4 aliphatic rings. The summed E-state index contributed by atoms with van der Waals surface area (Å²) < 4.78 is 0. The van der Waals surface area contributed by atoms with Crippen LogP contribution in [0.5, 0.6) is 0 Å². The van der Waals surface area contributed by atoms with E-state index in [0.29, 0.717) is 6.04 Å². The first-order chi connectivity index (χ1) is 15.6. The maximum absolute atomic E-state index is 13.1. The molecule has 0 bridgehead atoms. The Labute approximate surface area is 190 Å². The molecule has 2 aliphatic heterocycles. The van der Waals surface area contributed by atoms with E-state index < -0.39 is 5.97 Å². The summed E-state index contributed by atoms with van der Waals surface area (Å²) in [5.41, 5.74) is 3.60. The standard InChI is InChI=1S/C26H33N3O3/c30-25-22(24(26(31)32)27-29(25)21-11-5-2-6-12-21)17-18-13-14-23-19(16-18)8-7-15-28(23)20-9-3-1-4-10-20/h13-14,16-17,20-21H,1-12,15H2,(H,31,32). The minimum absolute atomic E-state index is 0.0177. The number of aryl methyl sites for hydroxylation is 1. The molecule has 1 N–H and O–H groups in total. The summed E-state index contributed by atoms with van der Waals surface area (Å²) >= 11 is 0. The van der Waals surface area contributed by atoms with Crippen molar-refractivity contribution in [3.63, 3.8) is 0 Å². The Morgan fingerprint density at radius 3 is 2.34 bits per heavy atom. The number of carboxylic acids is 1. The first-order valence-electron chi connectivity index (χ1n) is 12.4. The second kappa shape index (κ2) is 9.08. The molecule has 1 aromatic carbocycles. The van der Waals surface area contributed by atoms with Crippen molar-refractivity contribution in [3.8, 4) is 0 Å². The lowest BCUT2D eigenvalue weighted by molar-refractivity contribution is -0.130. The van der Waals surface area contributed by atoms with Crippen molar-refractivity contribution in [2.75, 3.05) is 11.4 Å². The number of nitrogens with zero attached hydrogens (tertiary/aromatic N) is 3. The van der Waals surface area contributed by atoms with Crippen LogP contribution in [0.4, 0.5) is 5.69 Å². The first-order valence-corrected chi connectivity index (χ1v) is 12.4. The molecule has 0 aromatic heterocycles. The molecule has 2 saturated carbocycles. The highest BCUT2D eigenvalue weighted by Crippen LogP contribution is 2.35. The Kier molecular flexibility index (Phi) is 6.03. The van der Waals surface area contributed by atoms with Gasteiger partial charge < -0.3 is 10.0 Å². The molecule has 0 atom stereocenters. The Morgan fingerprint density at radius 1 is 0.969 bits per heavy atom. The highest BCUT2D eigenvalue weighted by atomic mass is 16.4. The maximum Gasteiger partial charge on any atom is 0.357 e. The molecular weight excluding hydrogens is 402 g/mol. The Balaban J connectivity index is 1.42. The van der Waals surface area contributed by atoms with E-state index >= 15 is 0 Å². The average molecular weight is 436 g/mol. The van der Waals surface area contributed by atoms with Gasteiger partial charge in [-0.1, -0.05) is 44.6 Å². The molecule has 0 unspecified atom stereocenters. The monoisotopic (exact) mass is 435 g/mol. The molecule has 6 heteroatoms. The van der Waals surface area contributed by atoms with Gasteiger partial charge >= 0.3 is 5.97 Å². The van der Waals surface area contributed by atoms with Gasteiger partial charge in [0.2, 0.25) is 0 Å². The van der Waals surface area contributed by atoms with E-state index in [1.807, 2.05) is 6.07 Å². The molecule has 0 saturated heterocycles. The number of anilines is 1. The lowest BCUT2D eigenvalue weighted by Gasteiger charge is -2.40. The molecular formula is C26H33N3O3. The molecule has 2 fully saturated rings. The van der Waals surface area contributed by atoms with Gasteiger partial charge in [0.05, 0.1) is 11.6 Å². The van der Waals surface area contributed by atoms with E-state index in [1.165, 1.54) is 54.8 Å². The zero-order valence-corrected chi connectivity index (χ0v) is 18.8. The number of hydrogen-bond donors (Lipinski definition) is 1. The fraction of sp³-hybridized carbons (Fsp3) is 0.577. The minimum Gasteiger partial charge on any atom is -0.476 e. The van der Waals surface area contributed by atoms with Crippen LogP contribution >= 0.6 is 0 Å². The molecule has 32 heavy (non-hydrogen) atoms. The van der Waals surface area contributed by atoms with Gasteiger partial charge in [-0.05, 0) is 67.9 Å². The molecule has 1 aromatic rings. The highest BCUT2D eigenvalue weighted by Gasteiger charge is 2.38. The Bertz CT molecular complexity index is 955. The van der Waals surface area contributed by atoms with Gasteiger partial charge in [0, 0.05) is 18.3 Å². The highest BCUT2D eigenvalue weighted by molar-refractivity contribution is 6.51. The normalized spacial score (nSPS) is 24.1. The van der Waals surface area contributed by atoms with Crippen LogP contribution in [0.2, 0.25) is 0 Å². The van der Waals surface area contributed by atoms with Crippen LogP contribution in [-0.2, 0) is 16.0 Å². The van der Waals surface area contributed by atoms with Crippen molar-refractivity contribution in [2.45, 2.75) is 89.1 Å². The third-order valence-electron chi connectivity index (χ3n) is 7.61. The summed E-state index contributed by atoms with van der Waals surface area (Å²) in [4.78, 5) is 27.6. The lowest BCUT2D eigenvalue weighted by atomic mass is 9.90. The molecule has 2 aliphatic carbocycles. The number of hydrogen-bond acceptors (Lipinski definition) is 4. The van der Waals surface area contributed by atoms with Crippen molar-refractivity contribution in [1.29, 1.82) is 0 Å². The molecule has 1 amide bonds. The van der Waals surface area contributed by atoms with Gasteiger partial charge in [-0.3, -0.25) is 4.79 Å². The topological polar surface area (TPSA) is 73.2 Å². The van der Waals surface area contributed by atoms with Gasteiger partial charge in [-0.25, -0.2) is 9.80 Å². The van der Waals surface area contributed by atoms with E-state index in [9.17, 15) is 14.7 Å². The SMILES string of the molecule is O=C(O)C1=NN(C2CCCCC2)C(=O)C1=Cc1ccc2c(c1)CCCN2C1CCCCC1. The van der Waals surface area contributed by atoms with E-state index in [4.69, 9.17) is 0 Å².